The Bertz CT molecular complexity index is 855. The first-order valence-electron chi connectivity index (χ1n) is 7.23. The number of carbonyl (C=O) groups excluding carboxylic acids is 1. The van der Waals surface area contributed by atoms with Crippen molar-refractivity contribution < 1.29 is 36.2 Å². The van der Waals surface area contributed by atoms with E-state index in [4.69, 9.17) is 14.6 Å². The predicted octanol–water partition coefficient (Wildman–Crippen LogP) is 2.17. The van der Waals surface area contributed by atoms with E-state index < -0.39 is 22.6 Å². The topological polar surface area (TPSA) is 105 Å². The van der Waals surface area contributed by atoms with Crippen molar-refractivity contribution in [1.29, 1.82) is 0 Å². The molecule has 0 aromatic heterocycles. The molecule has 2 N–H and O–H groups in total. The molecule has 10 heteroatoms. The van der Waals surface area contributed by atoms with Gasteiger partial charge in [0.05, 0.1) is 10.5 Å². The van der Waals surface area contributed by atoms with Gasteiger partial charge < -0.3 is 14.2 Å². The van der Waals surface area contributed by atoms with Crippen LogP contribution in [0.4, 0.5) is 8.78 Å². The number of alkyl halides is 2. The Kier molecular flexibility index (Phi) is 6.47. The van der Waals surface area contributed by atoms with E-state index in [1.54, 1.807) is 0 Å². The highest BCUT2D eigenvalue weighted by atomic mass is 32.2. The van der Waals surface area contributed by atoms with Crippen LogP contribution in [0.3, 0.4) is 0 Å². The molecule has 7 nitrogen and oxygen atoms in total. The first-order chi connectivity index (χ1) is 12.3. The lowest BCUT2D eigenvalue weighted by Crippen LogP contribution is -2.13. The van der Waals surface area contributed by atoms with Gasteiger partial charge in [-0.2, -0.15) is 8.78 Å². The Morgan fingerprint density at radius 2 is 1.73 bits per heavy atom. The van der Waals surface area contributed by atoms with Crippen LogP contribution in [-0.2, 0) is 14.8 Å². The molecule has 0 saturated heterocycles. The molecule has 26 heavy (non-hydrogen) atoms. The molecule has 0 fully saturated rings. The molecule has 0 saturated carbocycles. The fourth-order valence-electron chi connectivity index (χ4n) is 1.90. The zero-order valence-electron chi connectivity index (χ0n) is 13.3. The highest BCUT2D eigenvalue weighted by Crippen LogP contribution is 2.17. The van der Waals surface area contributed by atoms with E-state index >= 15 is 0 Å². The van der Waals surface area contributed by atoms with Gasteiger partial charge in [0.15, 0.2) is 0 Å². The number of rotatable bonds is 8. The number of ether oxygens (including phenoxy) is 3. The lowest BCUT2D eigenvalue weighted by Gasteiger charge is -2.09. The third-order valence-corrected chi connectivity index (χ3v) is 3.96. The van der Waals surface area contributed by atoms with E-state index in [0.717, 1.165) is 6.07 Å². The highest BCUT2D eigenvalue weighted by Gasteiger charge is 2.11. The van der Waals surface area contributed by atoms with Crippen LogP contribution >= 0.6 is 0 Å². The minimum absolute atomic E-state index is 0.00763. The summed E-state index contributed by atoms with van der Waals surface area (Å²) in [5, 5.41) is 4.98. The average molecular weight is 387 g/mol. The third-order valence-electron chi connectivity index (χ3n) is 3.03. The second kappa shape index (κ2) is 8.59. The standard InChI is InChI=1S/C16H15F2NO6S/c17-16(18)25-13-3-1-2-11(10-13)15(20)24-9-8-23-12-4-6-14(7-5-12)26(19,21)22/h1-7,10,16H,8-9H2,(H2,19,21,22). The Balaban J connectivity index is 1.81. The van der Waals surface area contributed by atoms with Gasteiger partial charge >= 0.3 is 12.6 Å². The monoisotopic (exact) mass is 387 g/mol. The number of nitrogens with two attached hydrogens (primary N) is 1. The molecule has 140 valence electrons. The van der Waals surface area contributed by atoms with Gasteiger partial charge in [0.2, 0.25) is 10.0 Å². The Hall–Kier alpha value is -2.72. The molecule has 2 aromatic carbocycles. The normalized spacial score (nSPS) is 11.2. The summed E-state index contributed by atoms with van der Waals surface area (Å²) in [4.78, 5) is 11.8. The molecule has 0 spiro atoms. The van der Waals surface area contributed by atoms with Crippen LogP contribution in [0.5, 0.6) is 11.5 Å². The maximum atomic E-state index is 12.2. The van der Waals surface area contributed by atoms with Crippen molar-refractivity contribution in [2.45, 2.75) is 11.5 Å². The number of primary sulfonamides is 1. The molecule has 2 aromatic rings. The minimum Gasteiger partial charge on any atom is -0.490 e. The van der Waals surface area contributed by atoms with Crippen molar-refractivity contribution in [3.63, 3.8) is 0 Å². The molecule has 0 aliphatic carbocycles. The van der Waals surface area contributed by atoms with Crippen molar-refractivity contribution in [3.8, 4) is 11.5 Å². The number of benzene rings is 2. The highest BCUT2D eigenvalue weighted by molar-refractivity contribution is 7.89. The number of carbonyl (C=O) groups is 1. The summed E-state index contributed by atoms with van der Waals surface area (Å²) < 4.78 is 61.0. The molecule has 0 heterocycles. The predicted molar refractivity (Wildman–Crippen MR) is 86.7 cm³/mol. The van der Waals surface area contributed by atoms with Gasteiger partial charge in [-0.25, -0.2) is 18.4 Å². The van der Waals surface area contributed by atoms with Crippen LogP contribution in [0.25, 0.3) is 0 Å². The summed E-state index contributed by atoms with van der Waals surface area (Å²) in [6, 6.07) is 10.6. The van der Waals surface area contributed by atoms with Crippen LogP contribution < -0.4 is 14.6 Å². The molecule has 0 bridgehead atoms. The summed E-state index contributed by atoms with van der Waals surface area (Å²) in [5.74, 6) is -0.515. The summed E-state index contributed by atoms with van der Waals surface area (Å²) in [6.45, 7) is -3.08. The minimum atomic E-state index is -3.78. The Labute approximate surface area is 148 Å². The first kappa shape index (κ1) is 19.6. The van der Waals surface area contributed by atoms with E-state index in [1.807, 2.05) is 0 Å². The van der Waals surface area contributed by atoms with Crippen LogP contribution in [0.1, 0.15) is 10.4 Å². The van der Waals surface area contributed by atoms with Crippen LogP contribution in [0.15, 0.2) is 53.4 Å². The molecular formula is C16H15F2NO6S. The summed E-state index contributed by atoms with van der Waals surface area (Å²) in [5.41, 5.74) is 0.0562. The molecule has 0 aliphatic heterocycles. The maximum Gasteiger partial charge on any atom is 0.387 e. The third kappa shape index (κ3) is 5.97. The number of halogens is 2. The van der Waals surface area contributed by atoms with Crippen molar-refractivity contribution in [3.05, 3.63) is 54.1 Å². The lowest BCUT2D eigenvalue weighted by molar-refractivity contribution is -0.0499. The van der Waals surface area contributed by atoms with E-state index in [-0.39, 0.29) is 29.4 Å². The van der Waals surface area contributed by atoms with Gasteiger partial charge in [-0.15, -0.1) is 0 Å². The van der Waals surface area contributed by atoms with Crippen molar-refractivity contribution in [2.75, 3.05) is 13.2 Å². The zero-order valence-corrected chi connectivity index (χ0v) is 14.1. The van der Waals surface area contributed by atoms with Gasteiger partial charge in [-0.3, -0.25) is 0 Å². The van der Waals surface area contributed by atoms with E-state index in [2.05, 4.69) is 4.74 Å². The average Bonchev–Trinajstić information content (AvgIpc) is 2.58. The van der Waals surface area contributed by atoms with Crippen molar-refractivity contribution in [2.24, 2.45) is 5.14 Å². The van der Waals surface area contributed by atoms with Crippen LogP contribution in [-0.4, -0.2) is 34.2 Å². The second-order valence-corrected chi connectivity index (χ2v) is 6.47. The van der Waals surface area contributed by atoms with Gasteiger partial charge in [-0.05, 0) is 42.5 Å². The summed E-state index contributed by atoms with van der Waals surface area (Å²) in [7, 11) is -3.78. The first-order valence-corrected chi connectivity index (χ1v) is 8.78. The molecule has 0 radical (unpaired) electrons. The van der Waals surface area contributed by atoms with Gasteiger partial charge in [0.1, 0.15) is 24.7 Å². The quantitative estimate of drug-likeness (QED) is 0.550. The molecule has 0 atom stereocenters. The van der Waals surface area contributed by atoms with Crippen molar-refractivity contribution >= 4 is 16.0 Å². The summed E-state index contributed by atoms with van der Waals surface area (Å²) in [6.07, 6.45) is 0. The molecule has 0 unspecified atom stereocenters. The number of sulfonamides is 1. The molecule has 2 rings (SSSR count). The fourth-order valence-corrected chi connectivity index (χ4v) is 2.42. The molecule has 0 aliphatic rings. The smallest absolute Gasteiger partial charge is 0.387 e. The number of esters is 1. The largest absolute Gasteiger partial charge is 0.490 e. The van der Waals surface area contributed by atoms with Crippen LogP contribution in [0.2, 0.25) is 0 Å². The summed E-state index contributed by atoms with van der Waals surface area (Å²) >= 11 is 0. The lowest BCUT2D eigenvalue weighted by atomic mass is 10.2. The van der Waals surface area contributed by atoms with E-state index in [1.165, 1.54) is 42.5 Å². The zero-order chi connectivity index (χ0) is 19.2. The van der Waals surface area contributed by atoms with Gasteiger partial charge in [0.25, 0.3) is 0 Å². The van der Waals surface area contributed by atoms with Crippen LogP contribution in [0, 0.1) is 0 Å². The number of hydrogen-bond donors (Lipinski definition) is 1. The Morgan fingerprint density at radius 3 is 2.35 bits per heavy atom. The van der Waals surface area contributed by atoms with Gasteiger partial charge in [0, 0.05) is 0 Å². The van der Waals surface area contributed by atoms with Crippen molar-refractivity contribution in [1.82, 2.24) is 0 Å². The maximum absolute atomic E-state index is 12.2. The van der Waals surface area contributed by atoms with Gasteiger partial charge in [-0.1, -0.05) is 6.07 Å². The molecular weight excluding hydrogens is 372 g/mol. The van der Waals surface area contributed by atoms with E-state index in [0.29, 0.717) is 5.75 Å². The fraction of sp³-hybridized carbons (Fsp3) is 0.188. The van der Waals surface area contributed by atoms with E-state index in [9.17, 15) is 22.0 Å². The number of hydrogen-bond acceptors (Lipinski definition) is 6. The SMILES string of the molecule is NS(=O)(=O)c1ccc(OCCOC(=O)c2cccc(OC(F)F)c2)cc1. The Morgan fingerprint density at radius 1 is 1.04 bits per heavy atom. The molecule has 0 amide bonds. The second-order valence-electron chi connectivity index (χ2n) is 4.91.